The van der Waals surface area contributed by atoms with Crippen molar-refractivity contribution < 1.29 is 53.8 Å². The van der Waals surface area contributed by atoms with Crippen LogP contribution in [-0.2, 0) is 19.2 Å². The summed E-state index contributed by atoms with van der Waals surface area (Å²) < 4.78 is 15.7. The highest BCUT2D eigenvalue weighted by Crippen LogP contribution is 2.39. The molecule has 2 aromatic rings. The number of aliphatic carboxylic acids is 2. The summed E-state index contributed by atoms with van der Waals surface area (Å²) in [5, 5.41) is 36.0. The monoisotopic (exact) mass is 464 g/mol. The van der Waals surface area contributed by atoms with Gasteiger partial charge in [0.2, 0.25) is 0 Å². The Kier molecular flexibility index (Phi) is 8.14. The van der Waals surface area contributed by atoms with Crippen molar-refractivity contribution in [3.63, 3.8) is 0 Å². The van der Waals surface area contributed by atoms with E-state index in [0.29, 0.717) is 0 Å². The third kappa shape index (κ3) is 7.37. The van der Waals surface area contributed by atoms with Crippen LogP contribution in [0.15, 0.2) is 36.4 Å². The van der Waals surface area contributed by atoms with Crippen LogP contribution >= 0.6 is 0 Å². The second-order valence-corrected chi connectivity index (χ2v) is 6.58. The fourth-order valence-corrected chi connectivity index (χ4v) is 2.31. The van der Waals surface area contributed by atoms with Gasteiger partial charge < -0.3 is 46.1 Å². The summed E-state index contributed by atoms with van der Waals surface area (Å²) in [6, 6.07) is 7.75. The van der Waals surface area contributed by atoms with Crippen LogP contribution in [0.25, 0.3) is 0 Å². The number of carboxylic acid groups (broad SMARTS) is 2. The number of rotatable bonds is 10. The number of aliphatic hydroxyl groups excluding tert-OH is 2. The Balaban J connectivity index is 2.27. The topological polar surface area (TPSA) is 229 Å². The van der Waals surface area contributed by atoms with E-state index in [2.05, 4.69) is 0 Å². The van der Waals surface area contributed by atoms with E-state index < -0.39 is 48.9 Å². The van der Waals surface area contributed by atoms with E-state index in [1.165, 1.54) is 36.4 Å². The summed E-state index contributed by atoms with van der Waals surface area (Å²) in [7, 11) is 0. The lowest BCUT2D eigenvalue weighted by Crippen LogP contribution is -2.25. The van der Waals surface area contributed by atoms with Gasteiger partial charge in [0.25, 0.3) is 0 Å². The molecule has 2 rings (SSSR count). The Morgan fingerprint density at radius 3 is 1.61 bits per heavy atom. The minimum Gasteiger partial charge on any atom is -0.479 e. The molecule has 13 nitrogen and oxygen atoms in total. The molecule has 0 aliphatic carbocycles. The van der Waals surface area contributed by atoms with Gasteiger partial charge in [-0.3, -0.25) is 9.59 Å². The van der Waals surface area contributed by atoms with Crippen molar-refractivity contribution in [2.45, 2.75) is 25.0 Å². The lowest BCUT2D eigenvalue weighted by Gasteiger charge is -2.15. The molecule has 0 spiro atoms. The average Bonchev–Trinajstić information content (AvgIpc) is 2.71. The number of hydrogen-bond donors (Lipinski definition) is 6. The van der Waals surface area contributed by atoms with E-state index in [0.717, 1.165) is 0 Å². The van der Waals surface area contributed by atoms with Gasteiger partial charge in [-0.1, -0.05) is 0 Å². The zero-order chi connectivity index (χ0) is 24.7. The molecule has 2 atom stereocenters. The second kappa shape index (κ2) is 10.8. The summed E-state index contributed by atoms with van der Waals surface area (Å²) >= 11 is 0. The summed E-state index contributed by atoms with van der Waals surface area (Å²) in [5.41, 5.74) is 11.8. The zero-order valence-electron chi connectivity index (χ0n) is 16.8. The van der Waals surface area contributed by atoms with Crippen LogP contribution in [-0.4, -0.2) is 56.5 Å². The van der Waals surface area contributed by atoms with Gasteiger partial charge in [-0.15, -0.1) is 0 Å². The Hall–Kier alpha value is -4.36. The number of anilines is 2. The molecule has 2 aromatic carbocycles. The van der Waals surface area contributed by atoms with Crippen LogP contribution in [0.4, 0.5) is 11.4 Å². The molecule has 13 heteroatoms. The Bertz CT molecular complexity index is 1070. The minimum absolute atomic E-state index is 0.115. The quantitative estimate of drug-likeness (QED) is 0.156. The molecule has 0 saturated heterocycles. The maximum absolute atomic E-state index is 12.0. The fraction of sp³-hybridized carbons (Fsp3) is 0.200. The predicted molar refractivity (Wildman–Crippen MR) is 110 cm³/mol. The van der Waals surface area contributed by atoms with E-state index in [9.17, 15) is 29.4 Å². The van der Waals surface area contributed by atoms with Gasteiger partial charge >= 0.3 is 23.9 Å². The van der Waals surface area contributed by atoms with E-state index in [1.807, 2.05) is 0 Å². The number of esters is 2. The van der Waals surface area contributed by atoms with Crippen LogP contribution in [0.5, 0.6) is 23.0 Å². The zero-order valence-corrected chi connectivity index (χ0v) is 16.8. The summed E-state index contributed by atoms with van der Waals surface area (Å²) in [5.74, 6) is -6.08. The van der Waals surface area contributed by atoms with Gasteiger partial charge in [0, 0.05) is 23.5 Å². The smallest absolute Gasteiger partial charge is 0.333 e. The maximum Gasteiger partial charge on any atom is 0.333 e. The third-order valence-electron chi connectivity index (χ3n) is 3.89. The first-order valence-corrected chi connectivity index (χ1v) is 9.16. The van der Waals surface area contributed by atoms with E-state index >= 15 is 0 Å². The summed E-state index contributed by atoms with van der Waals surface area (Å²) in [6.07, 6.45) is -5.64. The molecule has 0 fully saturated rings. The number of aliphatic hydroxyl groups is 2. The molecule has 0 aromatic heterocycles. The normalized spacial score (nSPS) is 12.3. The molecule has 8 N–H and O–H groups in total. The molecular weight excluding hydrogens is 444 g/mol. The van der Waals surface area contributed by atoms with Crippen molar-refractivity contribution in [3.8, 4) is 23.0 Å². The highest BCUT2D eigenvalue weighted by molar-refractivity contribution is 5.83. The van der Waals surface area contributed by atoms with Gasteiger partial charge in [0.15, 0.2) is 35.2 Å². The highest BCUT2D eigenvalue weighted by atomic mass is 16.6. The lowest BCUT2D eigenvalue weighted by molar-refractivity contribution is -0.152. The van der Waals surface area contributed by atoms with Gasteiger partial charge in [0.1, 0.15) is 0 Å². The van der Waals surface area contributed by atoms with Crippen molar-refractivity contribution in [1.29, 1.82) is 0 Å². The van der Waals surface area contributed by atoms with Crippen LogP contribution in [0, 0.1) is 0 Å². The first kappa shape index (κ1) is 24.9. The first-order valence-electron chi connectivity index (χ1n) is 9.16. The van der Waals surface area contributed by atoms with Crippen molar-refractivity contribution in [2.75, 3.05) is 11.5 Å². The molecule has 0 heterocycles. The Morgan fingerprint density at radius 1 is 0.697 bits per heavy atom. The van der Waals surface area contributed by atoms with E-state index in [4.69, 9.17) is 35.9 Å². The molecule has 0 radical (unpaired) electrons. The number of hydrogen-bond acceptors (Lipinski definition) is 11. The van der Waals surface area contributed by atoms with Crippen molar-refractivity contribution in [1.82, 2.24) is 0 Å². The molecule has 0 aliphatic rings. The average molecular weight is 464 g/mol. The SMILES string of the molecule is Nc1ccc(Oc2cc(N)ccc2OC(=O)CC(O)C(=O)O)c(OC(=O)CC(O)C(=O)O)c1. The third-order valence-corrected chi connectivity index (χ3v) is 3.89. The Labute approximate surface area is 185 Å². The Morgan fingerprint density at radius 2 is 1.12 bits per heavy atom. The summed E-state index contributed by atoms with van der Waals surface area (Å²) in [4.78, 5) is 45.3. The number of nitrogen functional groups attached to an aromatic ring is 2. The van der Waals surface area contributed by atoms with Crippen LogP contribution in [0.2, 0.25) is 0 Å². The van der Waals surface area contributed by atoms with Crippen LogP contribution in [0.1, 0.15) is 12.8 Å². The van der Waals surface area contributed by atoms with Crippen molar-refractivity contribution in [2.24, 2.45) is 0 Å². The fourth-order valence-electron chi connectivity index (χ4n) is 2.31. The number of benzene rings is 2. The van der Waals surface area contributed by atoms with Crippen LogP contribution in [0.3, 0.4) is 0 Å². The maximum atomic E-state index is 12.0. The van der Waals surface area contributed by atoms with Crippen LogP contribution < -0.4 is 25.7 Å². The molecule has 0 bridgehead atoms. The van der Waals surface area contributed by atoms with Crippen molar-refractivity contribution >= 4 is 35.3 Å². The van der Waals surface area contributed by atoms with E-state index in [1.54, 1.807) is 0 Å². The minimum atomic E-state index is -1.98. The molecule has 0 aliphatic heterocycles. The predicted octanol–water partition coefficient (Wildman–Crippen LogP) is 0.125. The van der Waals surface area contributed by atoms with Gasteiger partial charge in [-0.2, -0.15) is 0 Å². The number of carboxylic acids is 2. The first-order chi connectivity index (χ1) is 15.5. The number of ether oxygens (including phenoxy) is 3. The number of nitrogens with two attached hydrogens (primary N) is 2. The summed E-state index contributed by atoms with van der Waals surface area (Å²) in [6.45, 7) is 0. The van der Waals surface area contributed by atoms with Crippen molar-refractivity contribution in [3.05, 3.63) is 36.4 Å². The molecule has 33 heavy (non-hydrogen) atoms. The second-order valence-electron chi connectivity index (χ2n) is 6.58. The van der Waals surface area contributed by atoms with Gasteiger partial charge in [0.05, 0.1) is 12.8 Å². The largest absolute Gasteiger partial charge is 0.479 e. The number of carbonyl (C=O) groups is 4. The molecule has 0 amide bonds. The molecule has 2 unspecified atom stereocenters. The molecule has 0 saturated carbocycles. The van der Waals surface area contributed by atoms with E-state index in [-0.39, 0.29) is 34.4 Å². The standard InChI is InChI=1S/C20H20N2O11/c21-9-2-4-14(32-17(25)7-11(23)19(27)28)15(5-9)31-13-3-1-10(22)6-16(13)33-18(26)8-12(24)20(29)30/h1-6,11-12,23-24H,7-8,21-22H2,(H,27,28)(H,29,30). The van der Waals surface area contributed by atoms with Gasteiger partial charge in [-0.05, 0) is 24.3 Å². The molecular formula is C20H20N2O11. The number of carbonyl (C=O) groups excluding carboxylic acids is 2. The van der Waals surface area contributed by atoms with Gasteiger partial charge in [-0.25, -0.2) is 9.59 Å². The lowest BCUT2D eigenvalue weighted by atomic mass is 10.2. The molecule has 176 valence electrons. The highest BCUT2D eigenvalue weighted by Gasteiger charge is 2.23.